The van der Waals surface area contributed by atoms with E-state index in [1.807, 2.05) is 59.2 Å². The van der Waals surface area contributed by atoms with Crippen molar-refractivity contribution in [3.8, 4) is 16.9 Å². The van der Waals surface area contributed by atoms with E-state index in [0.29, 0.717) is 47.7 Å². The minimum Gasteiger partial charge on any atom is -0.343 e. The third-order valence-corrected chi connectivity index (χ3v) is 7.52. The third-order valence-electron chi connectivity index (χ3n) is 6.66. The fourth-order valence-electron chi connectivity index (χ4n) is 4.66. The number of nitrogens with zero attached hydrogens (tertiary/aromatic N) is 5. The van der Waals surface area contributed by atoms with Gasteiger partial charge in [-0.3, -0.25) is 14.3 Å². The summed E-state index contributed by atoms with van der Waals surface area (Å²) < 4.78 is 20.1. The topological polar surface area (TPSA) is 64.5 Å². The number of benzene rings is 2. The van der Waals surface area contributed by atoms with Crippen LogP contribution in [-0.4, -0.2) is 37.8 Å². The zero-order valence-electron chi connectivity index (χ0n) is 20.4. The molecule has 2 aromatic heterocycles. The number of hydrogen-bond donors (Lipinski definition) is 0. The lowest BCUT2D eigenvalue weighted by Crippen LogP contribution is -2.27. The highest BCUT2D eigenvalue weighted by Gasteiger charge is 2.20. The molecule has 9 heteroatoms. The van der Waals surface area contributed by atoms with Gasteiger partial charge in [0.1, 0.15) is 5.82 Å². The molecule has 0 bridgehead atoms. The first-order valence-corrected chi connectivity index (χ1v) is 12.9. The molecule has 1 amide bonds. The fourth-order valence-corrected chi connectivity index (χ4v) is 5.59. The Balaban J connectivity index is 1.58. The molecule has 36 heavy (non-hydrogen) atoms. The van der Waals surface area contributed by atoms with Gasteiger partial charge >= 0.3 is 0 Å². The highest BCUT2D eigenvalue weighted by Crippen LogP contribution is 2.24. The molecule has 0 N–H and O–H groups in total. The molecule has 0 spiro atoms. The lowest BCUT2D eigenvalue weighted by molar-refractivity contribution is -0.127. The van der Waals surface area contributed by atoms with Gasteiger partial charge in [0.2, 0.25) is 5.91 Å². The monoisotopic (exact) mass is 505 g/mol. The maximum absolute atomic E-state index is 14.7. The van der Waals surface area contributed by atoms with Crippen LogP contribution in [0, 0.1) is 12.7 Å². The molecule has 186 valence electrons. The second kappa shape index (κ2) is 10.1. The highest BCUT2D eigenvalue weighted by atomic mass is 32.1. The zero-order chi connectivity index (χ0) is 25.2. The van der Waals surface area contributed by atoms with Crippen LogP contribution in [-0.2, 0) is 18.4 Å². The van der Waals surface area contributed by atoms with Gasteiger partial charge in [0.25, 0.3) is 5.56 Å². The quantitative estimate of drug-likeness (QED) is 0.374. The van der Waals surface area contributed by atoms with E-state index < -0.39 is 0 Å². The summed E-state index contributed by atoms with van der Waals surface area (Å²) >= 11 is 1.38. The molecule has 3 heterocycles. The van der Waals surface area contributed by atoms with Crippen molar-refractivity contribution in [3.05, 3.63) is 86.6 Å². The summed E-state index contributed by atoms with van der Waals surface area (Å²) in [6, 6.07) is 16.1. The number of hydrogen-bond acceptors (Lipinski definition) is 4. The van der Waals surface area contributed by atoms with Crippen LogP contribution < -0.4 is 10.4 Å². The van der Waals surface area contributed by atoms with E-state index in [2.05, 4.69) is 0 Å². The van der Waals surface area contributed by atoms with Crippen molar-refractivity contribution in [3.63, 3.8) is 0 Å². The number of halogens is 1. The number of thiazole rings is 1. The molecule has 0 unspecified atom stereocenters. The Bertz CT molecular complexity index is 1530. The van der Waals surface area contributed by atoms with Gasteiger partial charge in [0, 0.05) is 44.0 Å². The van der Waals surface area contributed by atoms with E-state index in [4.69, 9.17) is 4.99 Å². The summed E-state index contributed by atoms with van der Waals surface area (Å²) in [5.74, 6) is -0.126. The van der Waals surface area contributed by atoms with E-state index in [0.717, 1.165) is 24.3 Å². The summed E-state index contributed by atoms with van der Waals surface area (Å²) in [5.41, 5.74) is 2.83. The van der Waals surface area contributed by atoms with Crippen LogP contribution in [0.4, 0.5) is 10.1 Å². The minimum absolute atomic E-state index is 0.186. The van der Waals surface area contributed by atoms with Gasteiger partial charge < -0.3 is 9.47 Å². The van der Waals surface area contributed by atoms with Gasteiger partial charge in [0.05, 0.1) is 17.1 Å². The van der Waals surface area contributed by atoms with Gasteiger partial charge in [-0.2, -0.15) is 0 Å². The van der Waals surface area contributed by atoms with Crippen LogP contribution in [0.15, 0.2) is 69.8 Å². The smallest absolute Gasteiger partial charge is 0.297 e. The van der Waals surface area contributed by atoms with Crippen molar-refractivity contribution in [2.45, 2.75) is 32.7 Å². The summed E-state index contributed by atoms with van der Waals surface area (Å²) in [6.45, 7) is 3.85. The molecule has 5 rings (SSSR count). The van der Waals surface area contributed by atoms with Crippen molar-refractivity contribution < 1.29 is 9.18 Å². The fraction of sp³-hybridized carbons (Fsp3) is 0.296. The van der Waals surface area contributed by atoms with Crippen molar-refractivity contribution >= 4 is 22.9 Å². The molecule has 0 atom stereocenters. The van der Waals surface area contributed by atoms with Gasteiger partial charge in [0.15, 0.2) is 10.5 Å². The van der Waals surface area contributed by atoms with Crippen LogP contribution in [0.1, 0.15) is 25.0 Å². The largest absolute Gasteiger partial charge is 0.343 e. The first-order chi connectivity index (χ1) is 17.5. The van der Waals surface area contributed by atoms with E-state index >= 15 is 0 Å². The number of amides is 1. The SMILES string of the molecule is Cc1c(N=c2scc(-c3ccccc3F)n2CCCN2CCCC2=O)c(=O)n(-c2ccccc2)n1C. The van der Waals surface area contributed by atoms with E-state index in [9.17, 15) is 14.0 Å². The maximum atomic E-state index is 14.7. The lowest BCUT2D eigenvalue weighted by atomic mass is 10.1. The standard InChI is InChI=1S/C27H28FN5O2S/c1-19-25(26(35)33(30(19)2)20-10-4-3-5-11-20)29-27-32(17-9-16-31-15-8-14-24(31)34)23(18-36-27)21-12-6-7-13-22(21)28/h3-7,10-13,18H,8-9,14-17H2,1-2H3. The second-order valence-electron chi connectivity index (χ2n) is 8.89. The molecule has 0 radical (unpaired) electrons. The predicted octanol–water partition coefficient (Wildman–Crippen LogP) is 4.40. The number of likely N-dealkylation sites (tertiary alicyclic amines) is 1. The van der Waals surface area contributed by atoms with Gasteiger partial charge in [-0.25, -0.2) is 14.1 Å². The Kier molecular flexibility index (Phi) is 6.73. The predicted molar refractivity (Wildman–Crippen MR) is 139 cm³/mol. The summed E-state index contributed by atoms with van der Waals surface area (Å²) in [4.78, 5) is 32.8. The maximum Gasteiger partial charge on any atom is 0.297 e. The van der Waals surface area contributed by atoms with E-state index in [-0.39, 0.29) is 17.3 Å². The number of aromatic nitrogens is 3. The average molecular weight is 506 g/mol. The Morgan fingerprint density at radius 3 is 2.50 bits per heavy atom. The summed E-state index contributed by atoms with van der Waals surface area (Å²) in [6.07, 6.45) is 2.21. The molecule has 1 saturated heterocycles. The molecule has 7 nitrogen and oxygen atoms in total. The lowest BCUT2D eigenvalue weighted by Gasteiger charge is -2.16. The van der Waals surface area contributed by atoms with Crippen molar-refractivity contribution in [2.75, 3.05) is 13.1 Å². The minimum atomic E-state index is -0.312. The van der Waals surface area contributed by atoms with Gasteiger partial charge in [-0.05, 0) is 44.0 Å². The van der Waals surface area contributed by atoms with E-state index in [1.165, 1.54) is 17.4 Å². The van der Waals surface area contributed by atoms with Crippen molar-refractivity contribution in [1.82, 2.24) is 18.8 Å². The molecular weight excluding hydrogens is 477 g/mol. The zero-order valence-corrected chi connectivity index (χ0v) is 21.2. The molecule has 1 fully saturated rings. The van der Waals surface area contributed by atoms with Crippen molar-refractivity contribution in [1.29, 1.82) is 0 Å². The first-order valence-electron chi connectivity index (χ1n) is 12.1. The summed E-state index contributed by atoms with van der Waals surface area (Å²) in [5, 5.41) is 1.88. The number of carbonyl (C=O) groups is 1. The van der Waals surface area contributed by atoms with Crippen LogP contribution in [0.3, 0.4) is 0 Å². The number of carbonyl (C=O) groups excluding carboxylic acids is 1. The Morgan fingerprint density at radius 1 is 1.03 bits per heavy atom. The van der Waals surface area contributed by atoms with Crippen LogP contribution >= 0.6 is 11.3 Å². The Labute approximate surface area is 212 Å². The van der Waals surface area contributed by atoms with E-state index in [1.54, 1.807) is 27.6 Å². The highest BCUT2D eigenvalue weighted by molar-refractivity contribution is 7.07. The average Bonchev–Trinajstić information content (AvgIpc) is 3.53. The van der Waals surface area contributed by atoms with Gasteiger partial charge in [-0.1, -0.05) is 30.3 Å². The molecule has 0 aliphatic carbocycles. The summed E-state index contributed by atoms with van der Waals surface area (Å²) in [7, 11) is 1.84. The molecule has 4 aromatic rings. The molecule has 0 saturated carbocycles. The second-order valence-corrected chi connectivity index (χ2v) is 9.73. The first kappa shape index (κ1) is 24.0. The molecule has 1 aliphatic rings. The van der Waals surface area contributed by atoms with Crippen molar-refractivity contribution in [2.24, 2.45) is 12.0 Å². The molecular formula is C27H28FN5O2S. The van der Waals surface area contributed by atoms with Crippen LogP contribution in [0.2, 0.25) is 0 Å². The van der Waals surface area contributed by atoms with Crippen LogP contribution in [0.25, 0.3) is 16.9 Å². The number of rotatable bonds is 7. The Morgan fingerprint density at radius 2 is 1.78 bits per heavy atom. The normalized spacial score (nSPS) is 14.2. The Hall–Kier alpha value is -3.72. The molecule has 2 aromatic carbocycles. The molecule has 1 aliphatic heterocycles. The van der Waals surface area contributed by atoms with Gasteiger partial charge in [-0.15, -0.1) is 11.3 Å². The third kappa shape index (κ3) is 4.46. The number of para-hydroxylation sites is 1. The van der Waals surface area contributed by atoms with Crippen LogP contribution in [0.5, 0.6) is 0 Å².